The predicted octanol–water partition coefficient (Wildman–Crippen LogP) is 0.372. The molecule has 4 N–H and O–H groups in total. The van der Waals surface area contributed by atoms with Gasteiger partial charge in [-0.25, -0.2) is 4.79 Å². The molecule has 0 bridgehead atoms. The summed E-state index contributed by atoms with van der Waals surface area (Å²) < 4.78 is 0. The van der Waals surface area contributed by atoms with Gasteiger partial charge in [0.15, 0.2) is 0 Å². The van der Waals surface area contributed by atoms with Crippen molar-refractivity contribution in [3.63, 3.8) is 0 Å². The quantitative estimate of drug-likeness (QED) is 0.576. The lowest BCUT2D eigenvalue weighted by molar-refractivity contribution is -0.123. The smallest absolute Gasteiger partial charge is 0.312 e. The molecule has 0 aromatic carbocycles. The summed E-state index contributed by atoms with van der Waals surface area (Å²) in [5.74, 6) is -0.255. The molecule has 0 aliphatic heterocycles. The van der Waals surface area contributed by atoms with E-state index < -0.39 is 12.1 Å². The highest BCUT2D eigenvalue weighted by Crippen LogP contribution is 2.01. The minimum Gasteiger partial charge on any atom is -0.352 e. The Morgan fingerprint density at radius 3 is 2.27 bits per heavy atom. The molecule has 5 heteroatoms. The highest BCUT2D eigenvalue weighted by Gasteiger charge is 2.22. The Hall–Kier alpha value is -1.52. The number of carbonyl (C=O) groups excluding carboxylic acids is 2. The number of primary amides is 1. The Kier molecular flexibility index (Phi) is 5.44. The molecule has 3 amide bonds. The monoisotopic (exact) mass is 213 g/mol. The zero-order valence-corrected chi connectivity index (χ0v) is 9.46. The van der Waals surface area contributed by atoms with Gasteiger partial charge in [0.25, 0.3) is 0 Å². The van der Waals surface area contributed by atoms with E-state index in [1.807, 2.05) is 20.8 Å². The topological polar surface area (TPSA) is 84.2 Å². The van der Waals surface area contributed by atoms with E-state index in [1.165, 1.54) is 0 Å². The van der Waals surface area contributed by atoms with Crippen LogP contribution in [0.5, 0.6) is 0 Å². The van der Waals surface area contributed by atoms with Gasteiger partial charge in [-0.3, -0.25) is 4.79 Å². The zero-order chi connectivity index (χ0) is 12.0. The first-order valence-electron chi connectivity index (χ1n) is 4.82. The average molecular weight is 213 g/mol. The third-order valence-electron chi connectivity index (χ3n) is 1.81. The van der Waals surface area contributed by atoms with Gasteiger partial charge in [-0.2, -0.15) is 0 Å². The summed E-state index contributed by atoms with van der Waals surface area (Å²) in [5.41, 5.74) is 5.83. The Morgan fingerprint density at radius 2 is 1.93 bits per heavy atom. The van der Waals surface area contributed by atoms with Crippen LogP contribution in [0.3, 0.4) is 0 Å². The maximum Gasteiger partial charge on any atom is 0.312 e. The van der Waals surface area contributed by atoms with Gasteiger partial charge in [-0.15, -0.1) is 0 Å². The molecule has 0 saturated heterocycles. The number of urea groups is 1. The minimum atomic E-state index is -0.695. The molecule has 0 rings (SSSR count). The van der Waals surface area contributed by atoms with Crippen LogP contribution in [-0.2, 0) is 4.79 Å². The molecule has 15 heavy (non-hydrogen) atoms. The molecule has 0 fully saturated rings. The molecule has 0 saturated carbocycles. The molecule has 0 aliphatic carbocycles. The maximum atomic E-state index is 11.6. The molecule has 0 aliphatic rings. The van der Waals surface area contributed by atoms with E-state index in [1.54, 1.807) is 0 Å². The second-order valence-corrected chi connectivity index (χ2v) is 3.91. The largest absolute Gasteiger partial charge is 0.352 e. The van der Waals surface area contributed by atoms with Gasteiger partial charge in [0.2, 0.25) is 5.91 Å². The molecule has 0 aromatic heterocycles. The van der Waals surface area contributed by atoms with E-state index in [0.29, 0.717) is 6.54 Å². The number of rotatable bonds is 5. The first-order chi connectivity index (χ1) is 6.84. The van der Waals surface area contributed by atoms with Crippen molar-refractivity contribution in [1.82, 2.24) is 10.6 Å². The fourth-order valence-electron chi connectivity index (χ4n) is 1.04. The number of hydrogen-bond acceptors (Lipinski definition) is 2. The number of hydrogen-bond donors (Lipinski definition) is 3. The fraction of sp³-hybridized carbons (Fsp3) is 0.600. The minimum absolute atomic E-state index is 0.0115. The summed E-state index contributed by atoms with van der Waals surface area (Å²) in [4.78, 5) is 22.3. The molecule has 1 unspecified atom stereocenters. The lowest BCUT2D eigenvalue weighted by Gasteiger charge is -2.20. The van der Waals surface area contributed by atoms with Crippen LogP contribution in [0.4, 0.5) is 4.79 Å². The Balaban J connectivity index is 4.29. The number of amides is 3. The molecule has 86 valence electrons. The van der Waals surface area contributed by atoms with Gasteiger partial charge in [0.05, 0.1) is 0 Å². The standard InChI is InChI=1S/C10H19N3O2/c1-6(2)5-12-9(14)8(7(3)4)13-10(11)15/h7-8H,1,5H2,2-4H3,(H,12,14)(H3,11,13,15). The summed E-state index contributed by atoms with van der Waals surface area (Å²) in [6.07, 6.45) is 0. The molecule has 0 spiro atoms. The Morgan fingerprint density at radius 1 is 1.40 bits per heavy atom. The van der Waals surface area contributed by atoms with Gasteiger partial charge < -0.3 is 16.4 Å². The van der Waals surface area contributed by atoms with E-state index >= 15 is 0 Å². The van der Waals surface area contributed by atoms with Crippen LogP contribution < -0.4 is 16.4 Å². The molecular weight excluding hydrogens is 194 g/mol. The van der Waals surface area contributed by atoms with Gasteiger partial charge in [0.1, 0.15) is 6.04 Å². The van der Waals surface area contributed by atoms with E-state index in [2.05, 4.69) is 17.2 Å². The molecule has 0 aromatic rings. The van der Waals surface area contributed by atoms with Crippen molar-refractivity contribution >= 4 is 11.9 Å². The SMILES string of the molecule is C=C(C)CNC(=O)C(NC(N)=O)C(C)C. The highest BCUT2D eigenvalue weighted by atomic mass is 16.2. The van der Waals surface area contributed by atoms with Crippen molar-refractivity contribution in [3.05, 3.63) is 12.2 Å². The average Bonchev–Trinajstić information content (AvgIpc) is 2.09. The Bertz CT molecular complexity index is 261. The van der Waals surface area contributed by atoms with Gasteiger partial charge in [0, 0.05) is 6.54 Å². The summed E-state index contributed by atoms with van der Waals surface area (Å²) in [6.45, 7) is 9.55. The van der Waals surface area contributed by atoms with Crippen LogP contribution in [0.25, 0.3) is 0 Å². The lowest BCUT2D eigenvalue weighted by Crippen LogP contribution is -2.51. The van der Waals surface area contributed by atoms with E-state index in [4.69, 9.17) is 5.73 Å². The normalized spacial score (nSPS) is 12.0. The van der Waals surface area contributed by atoms with Crippen LogP contribution in [0, 0.1) is 5.92 Å². The van der Waals surface area contributed by atoms with Crippen molar-refractivity contribution in [1.29, 1.82) is 0 Å². The lowest BCUT2D eigenvalue weighted by atomic mass is 10.0. The third-order valence-corrected chi connectivity index (χ3v) is 1.81. The van der Waals surface area contributed by atoms with Gasteiger partial charge in [-0.05, 0) is 12.8 Å². The fourth-order valence-corrected chi connectivity index (χ4v) is 1.04. The van der Waals surface area contributed by atoms with Crippen LogP contribution >= 0.6 is 0 Å². The number of nitrogens with one attached hydrogen (secondary N) is 2. The predicted molar refractivity (Wildman–Crippen MR) is 59.2 cm³/mol. The number of carbonyl (C=O) groups is 2. The molecule has 5 nitrogen and oxygen atoms in total. The molecule has 0 heterocycles. The van der Waals surface area contributed by atoms with Crippen molar-refractivity contribution in [2.45, 2.75) is 26.8 Å². The highest BCUT2D eigenvalue weighted by molar-refractivity contribution is 5.86. The van der Waals surface area contributed by atoms with E-state index in [9.17, 15) is 9.59 Å². The molecule has 1 atom stereocenters. The maximum absolute atomic E-state index is 11.6. The second-order valence-electron chi connectivity index (χ2n) is 3.91. The number of nitrogens with two attached hydrogens (primary N) is 1. The van der Waals surface area contributed by atoms with E-state index in [0.717, 1.165) is 5.57 Å². The molecule has 0 radical (unpaired) electrons. The van der Waals surface area contributed by atoms with Crippen LogP contribution in [0.15, 0.2) is 12.2 Å². The first kappa shape index (κ1) is 13.5. The van der Waals surface area contributed by atoms with Crippen molar-refractivity contribution < 1.29 is 9.59 Å². The third kappa shape index (κ3) is 5.72. The Labute approximate surface area is 90.1 Å². The summed E-state index contributed by atoms with van der Waals surface area (Å²) in [7, 11) is 0. The summed E-state index contributed by atoms with van der Waals surface area (Å²) in [6, 6.07) is -1.29. The van der Waals surface area contributed by atoms with Crippen molar-refractivity contribution in [3.8, 4) is 0 Å². The summed E-state index contributed by atoms with van der Waals surface area (Å²) >= 11 is 0. The zero-order valence-electron chi connectivity index (χ0n) is 9.46. The van der Waals surface area contributed by atoms with Crippen molar-refractivity contribution in [2.24, 2.45) is 11.7 Å². The summed E-state index contributed by atoms with van der Waals surface area (Å²) in [5, 5.41) is 5.06. The second kappa shape index (κ2) is 6.06. The van der Waals surface area contributed by atoms with Crippen molar-refractivity contribution in [2.75, 3.05) is 6.54 Å². The van der Waals surface area contributed by atoms with Crippen LogP contribution in [0.2, 0.25) is 0 Å². The van der Waals surface area contributed by atoms with Crippen LogP contribution in [0.1, 0.15) is 20.8 Å². The van der Waals surface area contributed by atoms with Crippen LogP contribution in [-0.4, -0.2) is 24.5 Å². The van der Waals surface area contributed by atoms with E-state index in [-0.39, 0.29) is 11.8 Å². The first-order valence-corrected chi connectivity index (χ1v) is 4.82. The van der Waals surface area contributed by atoms with Gasteiger partial charge >= 0.3 is 6.03 Å². The van der Waals surface area contributed by atoms with Gasteiger partial charge in [-0.1, -0.05) is 26.0 Å². The molecular formula is C10H19N3O2.